The third-order valence-electron chi connectivity index (χ3n) is 2.36. The van der Waals surface area contributed by atoms with Gasteiger partial charge >= 0.3 is 0 Å². The van der Waals surface area contributed by atoms with Crippen molar-refractivity contribution in [1.82, 2.24) is 10.6 Å². The van der Waals surface area contributed by atoms with Crippen LogP contribution in [0.4, 0.5) is 0 Å². The molecule has 5 nitrogen and oxygen atoms in total. The molecule has 1 heterocycles. The molecule has 6 heteroatoms. The summed E-state index contributed by atoms with van der Waals surface area (Å²) >= 11 is 0. The maximum absolute atomic E-state index is 11.5. The fraction of sp³-hybridized carbons (Fsp3) is 0.900. The molecule has 1 amide bonds. The summed E-state index contributed by atoms with van der Waals surface area (Å²) in [5.41, 5.74) is 0. The van der Waals surface area contributed by atoms with Crippen LogP contribution in [-0.2, 0) is 20.3 Å². The maximum Gasteiger partial charge on any atom is 0.221 e. The van der Waals surface area contributed by atoms with Crippen LogP contribution in [0.5, 0.6) is 0 Å². The van der Waals surface area contributed by atoms with Crippen LogP contribution >= 0.6 is 0 Å². The molecule has 94 valence electrons. The second kappa shape index (κ2) is 7.76. The third kappa shape index (κ3) is 6.19. The molecule has 1 rings (SSSR count). The summed E-state index contributed by atoms with van der Waals surface area (Å²) in [6.07, 6.45) is 2.89. The Hall–Kier alpha value is -0.460. The number of morpholine rings is 1. The molecule has 2 unspecified atom stereocenters. The van der Waals surface area contributed by atoms with E-state index in [1.807, 2.05) is 0 Å². The second-order valence-electron chi connectivity index (χ2n) is 3.91. The van der Waals surface area contributed by atoms with Gasteiger partial charge in [0.15, 0.2) is 0 Å². The van der Waals surface area contributed by atoms with Crippen LogP contribution in [0.3, 0.4) is 0 Å². The first-order chi connectivity index (χ1) is 7.68. The summed E-state index contributed by atoms with van der Waals surface area (Å²) in [7, 11) is -0.770. The van der Waals surface area contributed by atoms with E-state index < -0.39 is 10.8 Å². The third-order valence-corrected chi connectivity index (χ3v) is 3.22. The molecule has 0 aromatic heterocycles. The molecule has 0 spiro atoms. The van der Waals surface area contributed by atoms with Gasteiger partial charge in [-0.25, -0.2) is 0 Å². The van der Waals surface area contributed by atoms with E-state index in [4.69, 9.17) is 4.74 Å². The Kier molecular flexibility index (Phi) is 6.59. The van der Waals surface area contributed by atoms with Gasteiger partial charge < -0.3 is 15.4 Å². The van der Waals surface area contributed by atoms with Gasteiger partial charge in [0.25, 0.3) is 0 Å². The van der Waals surface area contributed by atoms with Crippen molar-refractivity contribution >= 4 is 16.7 Å². The van der Waals surface area contributed by atoms with Gasteiger partial charge in [0.05, 0.1) is 13.2 Å². The van der Waals surface area contributed by atoms with Gasteiger partial charge in [-0.05, 0) is 6.42 Å². The first-order valence-electron chi connectivity index (χ1n) is 5.56. The number of ether oxygens (including phenoxy) is 1. The fourth-order valence-electron chi connectivity index (χ4n) is 1.55. The number of nitrogens with one attached hydrogen (secondary N) is 2. The summed E-state index contributed by atoms with van der Waals surface area (Å²) in [6, 6.07) is 0.133. The smallest absolute Gasteiger partial charge is 0.221 e. The first kappa shape index (κ1) is 13.6. The zero-order valence-electron chi connectivity index (χ0n) is 9.66. The van der Waals surface area contributed by atoms with E-state index in [-0.39, 0.29) is 11.9 Å². The number of carbonyl (C=O) groups is 1. The Labute approximate surface area is 98.8 Å². The van der Waals surface area contributed by atoms with Crippen molar-refractivity contribution < 1.29 is 13.7 Å². The molecule has 1 saturated heterocycles. The van der Waals surface area contributed by atoms with Gasteiger partial charge in [-0.15, -0.1) is 0 Å². The largest absolute Gasteiger partial charge is 0.378 e. The zero-order chi connectivity index (χ0) is 11.8. The minimum Gasteiger partial charge on any atom is -0.378 e. The molecule has 0 radical (unpaired) electrons. The average Bonchev–Trinajstić information content (AvgIpc) is 2.25. The number of rotatable bonds is 6. The molecule has 0 aromatic carbocycles. The van der Waals surface area contributed by atoms with Crippen LogP contribution in [0.2, 0.25) is 0 Å². The van der Waals surface area contributed by atoms with Crippen molar-refractivity contribution in [3.63, 3.8) is 0 Å². The molecule has 0 bridgehead atoms. The van der Waals surface area contributed by atoms with Crippen molar-refractivity contribution in [3.8, 4) is 0 Å². The number of carbonyl (C=O) groups excluding carboxylic acids is 1. The van der Waals surface area contributed by atoms with Crippen molar-refractivity contribution in [1.29, 1.82) is 0 Å². The highest BCUT2D eigenvalue weighted by Crippen LogP contribution is 1.98. The molecule has 2 atom stereocenters. The number of hydrogen-bond donors (Lipinski definition) is 2. The van der Waals surface area contributed by atoms with Crippen LogP contribution in [0.15, 0.2) is 0 Å². The SMILES string of the molecule is CS(=O)CCCNC(=O)CC1COCCN1. The fourth-order valence-corrected chi connectivity index (χ4v) is 2.10. The topological polar surface area (TPSA) is 67.4 Å². The molecule has 2 N–H and O–H groups in total. The summed E-state index contributed by atoms with van der Waals surface area (Å²) < 4.78 is 16.0. The van der Waals surface area contributed by atoms with E-state index in [2.05, 4.69) is 10.6 Å². The maximum atomic E-state index is 11.5. The monoisotopic (exact) mass is 248 g/mol. The molecule has 0 aliphatic carbocycles. The molecule has 0 saturated carbocycles. The van der Waals surface area contributed by atoms with Crippen molar-refractivity contribution in [2.75, 3.05) is 38.3 Å². The highest BCUT2D eigenvalue weighted by atomic mass is 32.2. The zero-order valence-corrected chi connectivity index (χ0v) is 10.5. The Morgan fingerprint density at radius 2 is 2.44 bits per heavy atom. The predicted octanol–water partition coefficient (Wildman–Crippen LogP) is -0.750. The van der Waals surface area contributed by atoms with E-state index in [1.54, 1.807) is 6.26 Å². The summed E-state index contributed by atoms with van der Waals surface area (Å²) in [4.78, 5) is 11.5. The molecule has 1 aliphatic rings. The highest BCUT2D eigenvalue weighted by Gasteiger charge is 2.16. The first-order valence-corrected chi connectivity index (χ1v) is 7.29. The van der Waals surface area contributed by atoms with Gasteiger partial charge in [0.2, 0.25) is 5.91 Å². The summed E-state index contributed by atoms with van der Waals surface area (Å²) in [5.74, 6) is 0.676. The normalized spacial score (nSPS) is 22.7. The Bertz CT molecular complexity index is 242. The summed E-state index contributed by atoms with van der Waals surface area (Å²) in [6.45, 7) is 2.74. The van der Waals surface area contributed by atoms with E-state index in [0.717, 1.165) is 19.6 Å². The molecular weight excluding hydrogens is 228 g/mol. The second-order valence-corrected chi connectivity index (χ2v) is 5.47. The van der Waals surface area contributed by atoms with Crippen LogP contribution in [0.25, 0.3) is 0 Å². The lowest BCUT2D eigenvalue weighted by Gasteiger charge is -2.23. The van der Waals surface area contributed by atoms with Crippen molar-refractivity contribution in [2.45, 2.75) is 18.9 Å². The molecule has 1 fully saturated rings. The van der Waals surface area contributed by atoms with E-state index >= 15 is 0 Å². The van der Waals surface area contributed by atoms with Crippen molar-refractivity contribution in [2.24, 2.45) is 0 Å². The van der Waals surface area contributed by atoms with Gasteiger partial charge in [-0.3, -0.25) is 9.00 Å². The number of hydrogen-bond acceptors (Lipinski definition) is 4. The van der Waals surface area contributed by atoms with Crippen LogP contribution in [-0.4, -0.2) is 54.5 Å². The molecule has 1 aliphatic heterocycles. The van der Waals surface area contributed by atoms with Gasteiger partial charge in [-0.1, -0.05) is 0 Å². The minimum absolute atomic E-state index is 0.0323. The van der Waals surface area contributed by atoms with Gasteiger partial charge in [0.1, 0.15) is 0 Å². The van der Waals surface area contributed by atoms with Crippen LogP contribution in [0.1, 0.15) is 12.8 Å². The molecular formula is C10H20N2O3S. The van der Waals surface area contributed by atoms with Crippen LogP contribution in [0, 0.1) is 0 Å². The predicted molar refractivity (Wildman–Crippen MR) is 63.8 cm³/mol. The minimum atomic E-state index is -0.770. The molecule has 0 aromatic rings. The molecule has 16 heavy (non-hydrogen) atoms. The van der Waals surface area contributed by atoms with Gasteiger partial charge in [0, 0.05) is 48.4 Å². The highest BCUT2D eigenvalue weighted by molar-refractivity contribution is 7.84. The van der Waals surface area contributed by atoms with E-state index in [1.165, 1.54) is 0 Å². The Morgan fingerprint density at radius 1 is 1.62 bits per heavy atom. The van der Waals surface area contributed by atoms with Crippen LogP contribution < -0.4 is 10.6 Å². The lowest BCUT2D eigenvalue weighted by molar-refractivity contribution is -0.122. The van der Waals surface area contributed by atoms with E-state index in [0.29, 0.717) is 25.3 Å². The quantitative estimate of drug-likeness (QED) is 0.607. The number of amides is 1. The lowest BCUT2D eigenvalue weighted by atomic mass is 10.2. The lowest BCUT2D eigenvalue weighted by Crippen LogP contribution is -2.44. The summed E-state index contributed by atoms with van der Waals surface area (Å²) in [5, 5.41) is 6.04. The Balaban J connectivity index is 2.03. The average molecular weight is 248 g/mol. The standard InChI is InChI=1S/C10H20N2O3S/c1-16(14)6-2-3-12-10(13)7-9-8-15-5-4-11-9/h9,11H,2-8H2,1H3,(H,12,13). The van der Waals surface area contributed by atoms with E-state index in [9.17, 15) is 9.00 Å². The van der Waals surface area contributed by atoms with Gasteiger partial charge in [-0.2, -0.15) is 0 Å². The van der Waals surface area contributed by atoms with Crippen molar-refractivity contribution in [3.05, 3.63) is 0 Å². The Morgan fingerprint density at radius 3 is 3.06 bits per heavy atom.